The number of thioether (sulfide) groups is 1. The molecule has 5 amide bonds. The van der Waals surface area contributed by atoms with E-state index < -0.39 is 18.0 Å². The van der Waals surface area contributed by atoms with E-state index in [-0.39, 0.29) is 121 Å². The largest absolute Gasteiger partial charge is 0.481 e. The van der Waals surface area contributed by atoms with Crippen LogP contribution in [0.1, 0.15) is 122 Å². The first-order valence-electron chi connectivity index (χ1n) is 21.7. The molecule has 19 heteroatoms. The van der Waals surface area contributed by atoms with Gasteiger partial charge in [0, 0.05) is 45.4 Å². The van der Waals surface area contributed by atoms with Crippen molar-refractivity contribution in [3.8, 4) is 0 Å². The number of rotatable bonds is 44. The fourth-order valence-electron chi connectivity index (χ4n) is 5.62. The number of carbonyl (C=O) groups excluding carboxylic acids is 5. The number of hydrogen-bond acceptors (Lipinski definition) is 12. The van der Waals surface area contributed by atoms with E-state index in [2.05, 4.69) is 26.6 Å². The molecule has 0 rings (SSSR count). The van der Waals surface area contributed by atoms with Gasteiger partial charge in [-0.1, -0.05) is 84.0 Å². The van der Waals surface area contributed by atoms with Crippen LogP contribution in [0.5, 0.6) is 0 Å². The van der Waals surface area contributed by atoms with Crippen molar-refractivity contribution in [1.82, 2.24) is 26.6 Å². The molecule has 0 aromatic rings. The lowest BCUT2D eigenvalue weighted by Crippen LogP contribution is -2.41. The van der Waals surface area contributed by atoms with Crippen molar-refractivity contribution >= 4 is 53.2 Å². The molecule has 60 heavy (non-hydrogen) atoms. The zero-order valence-electron chi connectivity index (χ0n) is 36.0. The highest BCUT2D eigenvalue weighted by atomic mass is 32.2. The maximum Gasteiger partial charge on any atom is 0.326 e. The van der Waals surface area contributed by atoms with Gasteiger partial charge in [0.25, 0.3) is 0 Å². The van der Waals surface area contributed by atoms with Crippen LogP contribution >= 0.6 is 11.8 Å². The summed E-state index contributed by atoms with van der Waals surface area (Å²) in [5.74, 6) is -2.00. The molecule has 0 saturated carbocycles. The molecule has 0 aliphatic heterocycles. The third-order valence-corrected chi connectivity index (χ3v) is 9.77. The van der Waals surface area contributed by atoms with E-state index in [0.717, 1.165) is 44.3 Å². The second-order valence-corrected chi connectivity index (χ2v) is 15.5. The molecule has 348 valence electrons. The number of nitrogens with one attached hydrogen (secondary N) is 5. The Kier molecular flexibility index (Phi) is 39.7. The predicted molar refractivity (Wildman–Crippen MR) is 229 cm³/mol. The third kappa shape index (κ3) is 41.2. The Morgan fingerprint density at radius 2 is 0.883 bits per heavy atom. The molecule has 0 unspecified atom stereocenters. The molecule has 7 N–H and O–H groups in total. The number of ether oxygens (including phenoxy) is 4. The Balaban J connectivity index is 3.65. The van der Waals surface area contributed by atoms with Crippen LogP contribution in [0.3, 0.4) is 0 Å². The maximum absolute atomic E-state index is 12.3. The van der Waals surface area contributed by atoms with Gasteiger partial charge >= 0.3 is 11.9 Å². The molecular formula is C41H75N5O13S. The molecule has 0 heterocycles. The summed E-state index contributed by atoms with van der Waals surface area (Å²) >= 11 is 1.53. The van der Waals surface area contributed by atoms with Gasteiger partial charge in [0.05, 0.1) is 45.4 Å². The average molecular weight is 878 g/mol. The molecule has 0 aromatic carbocycles. The Labute approximate surface area is 360 Å². The number of aliphatic carboxylic acids is 2. The van der Waals surface area contributed by atoms with E-state index in [1.54, 1.807) is 0 Å². The van der Waals surface area contributed by atoms with E-state index in [4.69, 9.17) is 24.1 Å². The van der Waals surface area contributed by atoms with Crippen LogP contribution < -0.4 is 26.6 Å². The Hall–Kier alpha value is -3.52. The Morgan fingerprint density at radius 1 is 0.467 bits per heavy atom. The second-order valence-electron chi connectivity index (χ2n) is 14.2. The SMILES string of the molecule is CCSCC(=O)NCCNC(=O)COCCOCCNC(=O)COCCOCCNC(=O)CC[C@H](NC(=O)CCCCCCCCCCCCCCCCC(=O)O)C(=O)O. The fourth-order valence-corrected chi connectivity index (χ4v) is 6.11. The van der Waals surface area contributed by atoms with Crippen molar-refractivity contribution in [2.75, 3.05) is 90.5 Å². The number of carbonyl (C=O) groups is 7. The topological polar surface area (TPSA) is 257 Å². The molecular weight excluding hydrogens is 803 g/mol. The molecule has 0 bridgehead atoms. The zero-order valence-corrected chi connectivity index (χ0v) is 36.8. The smallest absolute Gasteiger partial charge is 0.326 e. The maximum atomic E-state index is 12.3. The summed E-state index contributed by atoms with van der Waals surface area (Å²) in [4.78, 5) is 81.8. The van der Waals surface area contributed by atoms with Crippen molar-refractivity contribution in [3.63, 3.8) is 0 Å². The highest BCUT2D eigenvalue weighted by Gasteiger charge is 2.20. The van der Waals surface area contributed by atoms with Gasteiger partial charge in [-0.25, -0.2) is 4.79 Å². The van der Waals surface area contributed by atoms with Crippen molar-refractivity contribution in [1.29, 1.82) is 0 Å². The molecule has 0 aliphatic carbocycles. The lowest BCUT2D eigenvalue weighted by Gasteiger charge is -2.14. The quantitative estimate of drug-likeness (QED) is 0.0435. The number of carboxylic acids is 2. The van der Waals surface area contributed by atoms with E-state index in [1.807, 2.05) is 6.92 Å². The lowest BCUT2D eigenvalue weighted by molar-refractivity contribution is -0.142. The van der Waals surface area contributed by atoms with Crippen molar-refractivity contribution in [2.45, 2.75) is 129 Å². The van der Waals surface area contributed by atoms with E-state index in [9.17, 15) is 38.7 Å². The molecule has 0 spiro atoms. The molecule has 0 radical (unpaired) electrons. The van der Waals surface area contributed by atoms with E-state index in [1.165, 1.54) is 56.7 Å². The van der Waals surface area contributed by atoms with Gasteiger partial charge in [0.15, 0.2) is 0 Å². The second kappa shape index (κ2) is 42.2. The molecule has 18 nitrogen and oxygen atoms in total. The van der Waals surface area contributed by atoms with E-state index in [0.29, 0.717) is 25.3 Å². The standard InChI is InChI=1S/C41H75N5O13S/c1-2-60-33-39(51)43-22-21-42-37(49)31-58-29-28-57-26-24-45-38(50)32-59-30-27-56-25-23-44-35(47)20-19-34(41(54)55)46-36(48)17-15-13-11-9-7-5-3-4-6-8-10-12-14-16-18-40(52)53/h34H,2-33H2,1H3,(H,42,49)(H,43,51)(H,44,47)(H,45,50)(H,46,48)(H,52,53)(H,54,55)/t34-/m0/s1. The van der Waals surface area contributed by atoms with Crippen LogP contribution in [-0.2, 0) is 52.5 Å². The minimum absolute atomic E-state index is 0.0272. The predicted octanol–water partition coefficient (Wildman–Crippen LogP) is 2.95. The summed E-state index contributed by atoms with van der Waals surface area (Å²) in [6.45, 7) is 4.11. The first kappa shape index (κ1) is 56.5. The molecule has 1 atom stereocenters. The molecule has 0 aliphatic rings. The molecule has 0 aromatic heterocycles. The molecule has 0 fully saturated rings. The normalized spacial score (nSPS) is 11.4. The summed E-state index contributed by atoms with van der Waals surface area (Å²) in [5, 5.41) is 31.3. The minimum Gasteiger partial charge on any atom is -0.481 e. The summed E-state index contributed by atoms with van der Waals surface area (Å²) in [6.07, 6.45) is 15.5. The van der Waals surface area contributed by atoms with Crippen LogP contribution in [0, 0.1) is 0 Å². The van der Waals surface area contributed by atoms with Gasteiger partial charge in [-0.2, -0.15) is 11.8 Å². The van der Waals surface area contributed by atoms with Gasteiger partial charge in [-0.15, -0.1) is 0 Å². The van der Waals surface area contributed by atoms with Crippen LogP contribution in [-0.4, -0.2) is 148 Å². The van der Waals surface area contributed by atoms with Crippen molar-refractivity contribution < 1.29 is 62.7 Å². The lowest BCUT2D eigenvalue weighted by atomic mass is 10.0. The van der Waals surface area contributed by atoms with Gasteiger partial charge in [0.2, 0.25) is 29.5 Å². The monoisotopic (exact) mass is 878 g/mol. The van der Waals surface area contributed by atoms with Gasteiger partial charge < -0.3 is 55.7 Å². The highest BCUT2D eigenvalue weighted by molar-refractivity contribution is 7.99. The molecule has 0 saturated heterocycles. The Bertz CT molecular complexity index is 1170. The van der Waals surface area contributed by atoms with Crippen LogP contribution in [0.15, 0.2) is 0 Å². The number of amides is 5. The minimum atomic E-state index is -1.18. The summed E-state index contributed by atoms with van der Waals surface area (Å²) in [6, 6.07) is -1.14. The summed E-state index contributed by atoms with van der Waals surface area (Å²) in [5.41, 5.74) is 0. The first-order valence-corrected chi connectivity index (χ1v) is 22.9. The number of hydrogen-bond donors (Lipinski definition) is 7. The Morgan fingerprint density at radius 3 is 1.35 bits per heavy atom. The van der Waals surface area contributed by atoms with Crippen LogP contribution in [0.25, 0.3) is 0 Å². The van der Waals surface area contributed by atoms with Gasteiger partial charge in [-0.3, -0.25) is 28.8 Å². The van der Waals surface area contributed by atoms with Crippen molar-refractivity contribution in [2.24, 2.45) is 0 Å². The average Bonchev–Trinajstić information content (AvgIpc) is 3.21. The number of carboxylic acid groups (broad SMARTS) is 2. The zero-order chi connectivity index (χ0) is 44.3. The first-order chi connectivity index (χ1) is 29.0. The van der Waals surface area contributed by atoms with Crippen molar-refractivity contribution in [3.05, 3.63) is 0 Å². The number of unbranched alkanes of at least 4 members (excludes halogenated alkanes) is 13. The van der Waals surface area contributed by atoms with E-state index >= 15 is 0 Å². The third-order valence-electron chi connectivity index (χ3n) is 8.89. The van der Waals surface area contributed by atoms with Crippen LogP contribution in [0.2, 0.25) is 0 Å². The van der Waals surface area contributed by atoms with Gasteiger partial charge in [0.1, 0.15) is 19.3 Å². The summed E-state index contributed by atoms with van der Waals surface area (Å²) in [7, 11) is 0. The fraction of sp³-hybridized carbons (Fsp3) is 0.829. The summed E-state index contributed by atoms with van der Waals surface area (Å²) < 4.78 is 21.3. The highest BCUT2D eigenvalue weighted by Crippen LogP contribution is 2.14. The van der Waals surface area contributed by atoms with Crippen LogP contribution in [0.4, 0.5) is 0 Å². The van der Waals surface area contributed by atoms with Gasteiger partial charge in [-0.05, 0) is 25.0 Å².